The molecule has 1 saturated heterocycles. The van der Waals surface area contributed by atoms with Crippen LogP contribution in [0.15, 0.2) is 36.5 Å². The number of nitrogens with one attached hydrogen (secondary N) is 1. The molecule has 1 aromatic heterocycles. The van der Waals surface area contributed by atoms with E-state index in [1.165, 1.54) is 22.0 Å². The minimum absolute atomic E-state index is 0.133. The maximum atomic E-state index is 11.4. The maximum absolute atomic E-state index is 11.4. The number of carbonyl (C=O) groups is 3. The zero-order valence-electron chi connectivity index (χ0n) is 17.3. The number of hydrogen-bond acceptors (Lipinski definition) is 5. The van der Waals surface area contributed by atoms with Crippen LogP contribution in [-0.2, 0) is 27.2 Å². The summed E-state index contributed by atoms with van der Waals surface area (Å²) in [7, 11) is 5.98. The molecule has 1 aromatic carbocycles. The van der Waals surface area contributed by atoms with Crippen LogP contribution < -0.4 is 0 Å². The SMILES string of the molecule is CN(C)CCc1c[nH]c2ccc(C[C@H]3COC(=O)N3C)cc12.O=C(O)C=CC(=O)O. The largest absolute Gasteiger partial charge is 0.478 e. The zero-order valence-corrected chi connectivity index (χ0v) is 17.3. The number of benzene rings is 1. The van der Waals surface area contributed by atoms with Crippen LogP contribution in [0.4, 0.5) is 4.79 Å². The lowest BCUT2D eigenvalue weighted by Crippen LogP contribution is -2.31. The Hall–Kier alpha value is -3.33. The number of carbonyl (C=O) groups excluding carboxylic acids is 1. The number of fused-ring (bicyclic) bond motifs is 1. The second-order valence-electron chi connectivity index (χ2n) is 7.30. The molecule has 9 nitrogen and oxygen atoms in total. The number of aromatic amines is 1. The number of carboxylic acid groups (broad SMARTS) is 2. The van der Waals surface area contributed by atoms with E-state index in [1.807, 2.05) is 0 Å². The predicted octanol–water partition coefficient (Wildman–Crippen LogP) is 1.98. The number of likely N-dealkylation sites (N-methyl/N-ethyl adjacent to an activating group) is 2. The molecule has 1 atom stereocenters. The average Bonchev–Trinajstić information content (AvgIpc) is 3.23. The van der Waals surface area contributed by atoms with Gasteiger partial charge >= 0.3 is 18.0 Å². The average molecular weight is 417 g/mol. The first kappa shape index (κ1) is 23.0. The first-order chi connectivity index (χ1) is 14.2. The quantitative estimate of drug-likeness (QED) is 0.589. The number of rotatable bonds is 7. The minimum Gasteiger partial charge on any atom is -0.478 e. The Morgan fingerprint density at radius 1 is 1.27 bits per heavy atom. The van der Waals surface area contributed by atoms with Gasteiger partial charge in [-0.25, -0.2) is 14.4 Å². The summed E-state index contributed by atoms with van der Waals surface area (Å²) in [6.45, 7) is 1.51. The van der Waals surface area contributed by atoms with Crippen molar-refractivity contribution in [2.24, 2.45) is 0 Å². The van der Waals surface area contributed by atoms with Crippen molar-refractivity contribution in [1.82, 2.24) is 14.8 Å². The molecule has 2 aromatic rings. The van der Waals surface area contributed by atoms with Gasteiger partial charge in [0.25, 0.3) is 0 Å². The van der Waals surface area contributed by atoms with Gasteiger partial charge in [-0.15, -0.1) is 0 Å². The first-order valence-corrected chi connectivity index (χ1v) is 9.44. The van der Waals surface area contributed by atoms with Crippen LogP contribution in [0.1, 0.15) is 11.1 Å². The Kier molecular flexibility index (Phi) is 7.99. The summed E-state index contributed by atoms with van der Waals surface area (Å²) in [6.07, 6.45) is 4.86. The minimum atomic E-state index is -1.26. The lowest BCUT2D eigenvalue weighted by atomic mass is 10.0. The molecule has 0 aliphatic carbocycles. The van der Waals surface area contributed by atoms with Gasteiger partial charge in [0.15, 0.2) is 0 Å². The van der Waals surface area contributed by atoms with E-state index >= 15 is 0 Å². The second kappa shape index (κ2) is 10.4. The second-order valence-corrected chi connectivity index (χ2v) is 7.30. The molecule has 30 heavy (non-hydrogen) atoms. The van der Waals surface area contributed by atoms with Crippen LogP contribution in [0.2, 0.25) is 0 Å². The molecule has 0 bridgehead atoms. The van der Waals surface area contributed by atoms with Crippen LogP contribution in [0.25, 0.3) is 10.9 Å². The summed E-state index contributed by atoms with van der Waals surface area (Å²) in [5.74, 6) is -2.51. The van der Waals surface area contributed by atoms with Crippen molar-refractivity contribution in [3.05, 3.63) is 47.7 Å². The van der Waals surface area contributed by atoms with Gasteiger partial charge in [0.2, 0.25) is 0 Å². The van der Waals surface area contributed by atoms with Gasteiger partial charge in [0, 0.05) is 42.8 Å². The molecule has 1 aliphatic rings. The Morgan fingerprint density at radius 2 is 1.93 bits per heavy atom. The van der Waals surface area contributed by atoms with Crippen molar-refractivity contribution in [3.8, 4) is 0 Å². The number of ether oxygens (including phenoxy) is 1. The van der Waals surface area contributed by atoms with Gasteiger partial charge in [-0.3, -0.25) is 0 Å². The summed E-state index contributed by atoms with van der Waals surface area (Å²) < 4.78 is 5.09. The highest BCUT2D eigenvalue weighted by Crippen LogP contribution is 2.23. The molecule has 9 heteroatoms. The van der Waals surface area contributed by atoms with Crippen LogP contribution in [-0.4, -0.2) is 83.4 Å². The van der Waals surface area contributed by atoms with E-state index in [4.69, 9.17) is 14.9 Å². The summed E-state index contributed by atoms with van der Waals surface area (Å²) in [4.78, 5) is 37.8. The number of H-pyrrole nitrogens is 1. The van der Waals surface area contributed by atoms with Crippen molar-refractivity contribution >= 4 is 28.9 Å². The van der Waals surface area contributed by atoms with Crippen LogP contribution >= 0.6 is 0 Å². The molecule has 1 amide bonds. The number of cyclic esters (lactones) is 1. The fraction of sp³-hybridized carbons (Fsp3) is 0.381. The Balaban J connectivity index is 0.000000343. The smallest absolute Gasteiger partial charge is 0.409 e. The van der Waals surface area contributed by atoms with Crippen molar-refractivity contribution in [3.63, 3.8) is 0 Å². The first-order valence-electron chi connectivity index (χ1n) is 9.44. The maximum Gasteiger partial charge on any atom is 0.409 e. The number of hydrogen-bond donors (Lipinski definition) is 3. The van der Waals surface area contributed by atoms with E-state index in [1.54, 1.807) is 11.9 Å². The predicted molar refractivity (Wildman–Crippen MR) is 112 cm³/mol. The van der Waals surface area contributed by atoms with Gasteiger partial charge < -0.3 is 29.7 Å². The van der Waals surface area contributed by atoms with E-state index in [-0.39, 0.29) is 12.1 Å². The Bertz CT molecular complexity index is 918. The van der Waals surface area contributed by atoms with E-state index in [0.717, 1.165) is 19.4 Å². The third-order valence-electron chi connectivity index (χ3n) is 4.73. The molecular weight excluding hydrogens is 390 g/mol. The van der Waals surface area contributed by atoms with Gasteiger partial charge in [0.1, 0.15) is 6.61 Å². The lowest BCUT2D eigenvalue weighted by Gasteiger charge is -2.16. The topological polar surface area (TPSA) is 123 Å². The van der Waals surface area contributed by atoms with E-state index in [2.05, 4.69) is 48.4 Å². The van der Waals surface area contributed by atoms with Gasteiger partial charge in [-0.1, -0.05) is 6.07 Å². The zero-order chi connectivity index (χ0) is 22.3. The molecule has 1 aliphatic heterocycles. The Morgan fingerprint density at radius 3 is 2.47 bits per heavy atom. The normalized spacial score (nSPS) is 16.1. The van der Waals surface area contributed by atoms with Crippen molar-refractivity contribution in [1.29, 1.82) is 0 Å². The molecule has 2 heterocycles. The molecule has 1 fully saturated rings. The van der Waals surface area contributed by atoms with Gasteiger partial charge in [-0.05, 0) is 50.2 Å². The summed E-state index contributed by atoms with van der Waals surface area (Å²) in [6, 6.07) is 6.63. The standard InChI is InChI=1S/C17H23N3O2.C4H4O4/c1-19(2)7-6-13-10-18-16-5-4-12(9-15(13)16)8-14-11-22-17(21)20(14)3;5-3(6)1-2-4(7)8/h4-5,9-10,14,18H,6-8,11H2,1-3H3;1-2H,(H,5,6)(H,7,8)/t14-;/m0./s1. The number of nitrogens with zero attached hydrogens (tertiary/aromatic N) is 2. The van der Waals surface area contributed by atoms with Crippen molar-refractivity contribution < 1.29 is 29.3 Å². The van der Waals surface area contributed by atoms with Crippen LogP contribution in [0.3, 0.4) is 0 Å². The number of amides is 1. The lowest BCUT2D eigenvalue weighted by molar-refractivity contribution is -0.134. The highest BCUT2D eigenvalue weighted by molar-refractivity contribution is 5.89. The molecule has 3 rings (SSSR count). The van der Waals surface area contributed by atoms with Gasteiger partial charge in [0.05, 0.1) is 6.04 Å². The third-order valence-corrected chi connectivity index (χ3v) is 4.73. The fourth-order valence-corrected chi connectivity index (χ4v) is 3.04. The molecule has 162 valence electrons. The number of aromatic nitrogens is 1. The van der Waals surface area contributed by atoms with Gasteiger partial charge in [-0.2, -0.15) is 0 Å². The summed E-state index contributed by atoms with van der Waals surface area (Å²) >= 11 is 0. The van der Waals surface area contributed by atoms with E-state index in [9.17, 15) is 14.4 Å². The van der Waals surface area contributed by atoms with Crippen molar-refractivity contribution in [2.45, 2.75) is 18.9 Å². The van der Waals surface area contributed by atoms with Crippen molar-refractivity contribution in [2.75, 3.05) is 34.3 Å². The molecule has 0 spiro atoms. The fourth-order valence-electron chi connectivity index (χ4n) is 3.04. The Labute approximate surface area is 174 Å². The number of carboxylic acids is 2. The number of aliphatic carboxylic acids is 2. The highest BCUT2D eigenvalue weighted by atomic mass is 16.6. The summed E-state index contributed by atoms with van der Waals surface area (Å²) in [5.41, 5.74) is 3.76. The molecule has 3 N–H and O–H groups in total. The molecule has 0 saturated carbocycles. The van der Waals surface area contributed by atoms with Crippen LogP contribution in [0, 0.1) is 0 Å². The molecule has 0 unspecified atom stereocenters. The molecular formula is C21H27N3O6. The van der Waals surface area contributed by atoms with E-state index < -0.39 is 11.9 Å². The highest BCUT2D eigenvalue weighted by Gasteiger charge is 2.29. The van der Waals surface area contributed by atoms with Crippen LogP contribution in [0.5, 0.6) is 0 Å². The summed E-state index contributed by atoms with van der Waals surface area (Å²) in [5, 5.41) is 16.9. The molecule has 0 radical (unpaired) electrons. The van der Waals surface area contributed by atoms with E-state index in [0.29, 0.717) is 18.8 Å². The monoisotopic (exact) mass is 417 g/mol. The third kappa shape index (κ3) is 6.63.